The number of benzene rings is 1. The van der Waals surface area contributed by atoms with Crippen LogP contribution in [0, 0.1) is 0 Å². The van der Waals surface area contributed by atoms with Crippen LogP contribution in [0.5, 0.6) is 0 Å². The molecule has 1 rings (SSSR count). The standard InChI is InChI=1S/C10H8ClF3O/c1-2-9(15)7-4-3-6(11)5-8(7)10(12,13)14/h2-5,9,15H,1H2. The number of hydrogen-bond donors (Lipinski definition) is 1. The van der Waals surface area contributed by atoms with Crippen molar-refractivity contribution in [2.75, 3.05) is 0 Å². The molecule has 1 aromatic carbocycles. The molecule has 15 heavy (non-hydrogen) atoms. The van der Waals surface area contributed by atoms with E-state index in [9.17, 15) is 18.3 Å². The number of hydrogen-bond acceptors (Lipinski definition) is 1. The lowest BCUT2D eigenvalue weighted by atomic mass is 10.0. The van der Waals surface area contributed by atoms with Gasteiger partial charge in [0.15, 0.2) is 0 Å². The Labute approximate surface area is 89.8 Å². The Bertz CT molecular complexity index is 373. The fraction of sp³-hybridized carbons (Fsp3) is 0.200. The summed E-state index contributed by atoms with van der Waals surface area (Å²) < 4.78 is 37.6. The normalized spacial score (nSPS) is 13.7. The lowest BCUT2D eigenvalue weighted by molar-refractivity contribution is -0.138. The highest BCUT2D eigenvalue weighted by Crippen LogP contribution is 2.36. The second kappa shape index (κ2) is 4.24. The van der Waals surface area contributed by atoms with Crippen molar-refractivity contribution in [3.8, 4) is 0 Å². The van der Waals surface area contributed by atoms with Crippen molar-refractivity contribution < 1.29 is 18.3 Å². The van der Waals surface area contributed by atoms with Gasteiger partial charge in [-0.15, -0.1) is 6.58 Å². The lowest BCUT2D eigenvalue weighted by Gasteiger charge is -2.15. The van der Waals surface area contributed by atoms with Crippen molar-refractivity contribution in [1.29, 1.82) is 0 Å². The molecule has 0 amide bonds. The van der Waals surface area contributed by atoms with Crippen LogP contribution >= 0.6 is 11.6 Å². The summed E-state index contributed by atoms with van der Waals surface area (Å²) in [4.78, 5) is 0. The highest BCUT2D eigenvalue weighted by Gasteiger charge is 2.34. The van der Waals surface area contributed by atoms with Gasteiger partial charge in [0, 0.05) is 5.02 Å². The maximum absolute atomic E-state index is 12.5. The molecule has 1 unspecified atom stereocenters. The zero-order chi connectivity index (χ0) is 11.6. The van der Waals surface area contributed by atoms with Gasteiger partial charge < -0.3 is 5.11 Å². The van der Waals surface area contributed by atoms with Crippen LogP contribution in [0.2, 0.25) is 5.02 Å². The first-order valence-corrected chi connectivity index (χ1v) is 4.41. The highest BCUT2D eigenvalue weighted by atomic mass is 35.5. The smallest absolute Gasteiger partial charge is 0.384 e. The van der Waals surface area contributed by atoms with E-state index in [4.69, 9.17) is 11.6 Å². The van der Waals surface area contributed by atoms with Gasteiger partial charge in [0.2, 0.25) is 0 Å². The van der Waals surface area contributed by atoms with Crippen molar-refractivity contribution in [2.45, 2.75) is 12.3 Å². The zero-order valence-electron chi connectivity index (χ0n) is 7.55. The van der Waals surface area contributed by atoms with E-state index in [1.807, 2.05) is 0 Å². The number of aliphatic hydroxyl groups is 1. The molecule has 0 spiro atoms. The summed E-state index contributed by atoms with van der Waals surface area (Å²) >= 11 is 5.46. The van der Waals surface area contributed by atoms with E-state index in [2.05, 4.69) is 6.58 Å². The van der Waals surface area contributed by atoms with Crippen molar-refractivity contribution in [1.82, 2.24) is 0 Å². The SMILES string of the molecule is C=CC(O)c1ccc(Cl)cc1C(F)(F)F. The highest BCUT2D eigenvalue weighted by molar-refractivity contribution is 6.30. The van der Waals surface area contributed by atoms with Crippen molar-refractivity contribution >= 4 is 11.6 Å². The first-order valence-electron chi connectivity index (χ1n) is 4.03. The first kappa shape index (κ1) is 12.1. The molecule has 0 aliphatic heterocycles. The molecule has 0 fully saturated rings. The average Bonchev–Trinajstić information content (AvgIpc) is 2.15. The van der Waals surface area contributed by atoms with E-state index in [1.165, 1.54) is 6.07 Å². The van der Waals surface area contributed by atoms with E-state index in [0.29, 0.717) is 0 Å². The molecule has 0 saturated heterocycles. The molecular formula is C10H8ClF3O. The monoisotopic (exact) mass is 236 g/mol. The Kier molecular flexibility index (Phi) is 3.42. The molecule has 0 saturated carbocycles. The molecule has 1 N–H and O–H groups in total. The molecule has 1 nitrogen and oxygen atoms in total. The van der Waals surface area contributed by atoms with Crippen LogP contribution in [0.15, 0.2) is 30.9 Å². The quantitative estimate of drug-likeness (QED) is 0.779. The van der Waals surface area contributed by atoms with Crippen LogP contribution in [-0.4, -0.2) is 5.11 Å². The van der Waals surface area contributed by atoms with Gasteiger partial charge in [0.1, 0.15) is 0 Å². The first-order chi connectivity index (χ1) is 6.86. The average molecular weight is 237 g/mol. The third kappa shape index (κ3) is 2.73. The second-order valence-electron chi connectivity index (χ2n) is 2.91. The molecule has 0 bridgehead atoms. The molecule has 0 aliphatic rings. The summed E-state index contributed by atoms with van der Waals surface area (Å²) in [6.07, 6.45) is -4.86. The van der Waals surface area contributed by atoms with E-state index < -0.39 is 17.8 Å². The molecule has 1 aromatic rings. The minimum absolute atomic E-state index is 0.0256. The Hall–Kier alpha value is -1.00. The molecule has 0 aliphatic carbocycles. The van der Waals surface area contributed by atoms with Crippen molar-refractivity contribution in [3.05, 3.63) is 47.0 Å². The van der Waals surface area contributed by atoms with Crippen LogP contribution in [0.4, 0.5) is 13.2 Å². The number of aliphatic hydroxyl groups excluding tert-OH is 1. The maximum atomic E-state index is 12.5. The van der Waals surface area contributed by atoms with Gasteiger partial charge in [-0.2, -0.15) is 13.2 Å². The lowest BCUT2D eigenvalue weighted by Crippen LogP contribution is -2.11. The number of halogens is 4. The maximum Gasteiger partial charge on any atom is 0.416 e. The topological polar surface area (TPSA) is 20.2 Å². The Morgan fingerprint density at radius 3 is 2.47 bits per heavy atom. The van der Waals surface area contributed by atoms with Gasteiger partial charge in [0.25, 0.3) is 0 Å². The minimum Gasteiger partial charge on any atom is -0.384 e. The van der Waals surface area contributed by atoms with Crippen LogP contribution in [0.1, 0.15) is 17.2 Å². The zero-order valence-corrected chi connectivity index (χ0v) is 8.31. The van der Waals surface area contributed by atoms with Gasteiger partial charge in [-0.3, -0.25) is 0 Å². The van der Waals surface area contributed by atoms with Crippen LogP contribution in [0.25, 0.3) is 0 Å². The van der Waals surface area contributed by atoms with Crippen molar-refractivity contribution in [3.63, 3.8) is 0 Å². The summed E-state index contributed by atoms with van der Waals surface area (Å²) in [5.41, 5.74) is -1.19. The van der Waals surface area contributed by atoms with Crippen LogP contribution < -0.4 is 0 Å². The van der Waals surface area contributed by atoms with E-state index >= 15 is 0 Å². The molecule has 0 radical (unpaired) electrons. The largest absolute Gasteiger partial charge is 0.416 e. The molecule has 82 valence electrons. The fourth-order valence-corrected chi connectivity index (χ4v) is 1.33. The molecular weight excluding hydrogens is 229 g/mol. The summed E-state index contributed by atoms with van der Waals surface area (Å²) in [6.45, 7) is 3.23. The molecule has 5 heteroatoms. The third-order valence-electron chi connectivity index (χ3n) is 1.86. The van der Waals surface area contributed by atoms with Gasteiger partial charge in [-0.25, -0.2) is 0 Å². The van der Waals surface area contributed by atoms with Gasteiger partial charge in [0.05, 0.1) is 11.7 Å². The predicted molar refractivity (Wildman–Crippen MR) is 51.6 cm³/mol. The van der Waals surface area contributed by atoms with Crippen LogP contribution in [0.3, 0.4) is 0 Å². The number of rotatable bonds is 2. The molecule has 0 heterocycles. The van der Waals surface area contributed by atoms with Gasteiger partial charge in [-0.1, -0.05) is 23.7 Å². The summed E-state index contributed by atoms with van der Waals surface area (Å²) in [5, 5.41) is 9.28. The summed E-state index contributed by atoms with van der Waals surface area (Å²) in [7, 11) is 0. The van der Waals surface area contributed by atoms with E-state index in [1.54, 1.807) is 0 Å². The second-order valence-corrected chi connectivity index (χ2v) is 3.35. The van der Waals surface area contributed by atoms with E-state index in [-0.39, 0.29) is 10.6 Å². The molecule has 0 aromatic heterocycles. The predicted octanol–water partition coefficient (Wildman–Crippen LogP) is 3.58. The van der Waals surface area contributed by atoms with Crippen molar-refractivity contribution in [2.24, 2.45) is 0 Å². The van der Waals surface area contributed by atoms with E-state index in [0.717, 1.165) is 18.2 Å². The summed E-state index contributed by atoms with van der Waals surface area (Å²) in [6, 6.07) is 3.21. The summed E-state index contributed by atoms with van der Waals surface area (Å²) in [5.74, 6) is 0. The van der Waals surface area contributed by atoms with Crippen LogP contribution in [-0.2, 0) is 6.18 Å². The minimum atomic E-state index is -4.54. The van der Waals surface area contributed by atoms with Gasteiger partial charge >= 0.3 is 6.18 Å². The van der Waals surface area contributed by atoms with Gasteiger partial charge in [-0.05, 0) is 17.7 Å². The number of alkyl halides is 3. The Morgan fingerprint density at radius 1 is 1.40 bits per heavy atom. The Balaban J connectivity index is 3.33. The molecule has 1 atom stereocenters. The Morgan fingerprint density at radius 2 is 2.00 bits per heavy atom. The third-order valence-corrected chi connectivity index (χ3v) is 2.10. The fourth-order valence-electron chi connectivity index (χ4n) is 1.16.